The van der Waals surface area contributed by atoms with Crippen LogP contribution in [0, 0.1) is 13.8 Å². The van der Waals surface area contributed by atoms with Crippen molar-refractivity contribution < 1.29 is 4.74 Å². The van der Waals surface area contributed by atoms with Crippen molar-refractivity contribution in [3.63, 3.8) is 0 Å². The summed E-state index contributed by atoms with van der Waals surface area (Å²) in [6.45, 7) is 5.48. The highest BCUT2D eigenvalue weighted by molar-refractivity contribution is 5.88. The zero-order valence-corrected chi connectivity index (χ0v) is 12.0. The standard InChI is InChI=1S/C16H22N2O/c1-10-8-12(19-3)9-13-11(2)16(18-15(10)13)14-6-4-5-7-17-14/h8-9,14,17-18H,4-7H2,1-3H3. The van der Waals surface area contributed by atoms with Crippen LogP contribution in [0.25, 0.3) is 10.9 Å². The van der Waals surface area contributed by atoms with Crippen LogP contribution in [0.4, 0.5) is 0 Å². The van der Waals surface area contributed by atoms with E-state index in [4.69, 9.17) is 4.74 Å². The smallest absolute Gasteiger partial charge is 0.119 e. The number of piperidine rings is 1. The molecule has 0 saturated carbocycles. The maximum Gasteiger partial charge on any atom is 0.119 e. The summed E-state index contributed by atoms with van der Waals surface area (Å²) in [5, 5.41) is 4.91. The summed E-state index contributed by atoms with van der Waals surface area (Å²) in [5.74, 6) is 0.940. The van der Waals surface area contributed by atoms with Crippen LogP contribution in [-0.4, -0.2) is 18.6 Å². The molecule has 1 atom stereocenters. The summed E-state index contributed by atoms with van der Waals surface area (Å²) in [6.07, 6.45) is 3.83. The van der Waals surface area contributed by atoms with Crippen molar-refractivity contribution in [1.82, 2.24) is 10.3 Å². The Morgan fingerprint density at radius 2 is 2.05 bits per heavy atom. The molecular weight excluding hydrogens is 236 g/mol. The second kappa shape index (κ2) is 4.89. The highest BCUT2D eigenvalue weighted by atomic mass is 16.5. The van der Waals surface area contributed by atoms with Gasteiger partial charge in [0.2, 0.25) is 0 Å². The molecule has 2 N–H and O–H groups in total. The van der Waals surface area contributed by atoms with Gasteiger partial charge in [0, 0.05) is 22.6 Å². The highest BCUT2D eigenvalue weighted by Gasteiger charge is 2.20. The molecule has 0 amide bonds. The zero-order valence-electron chi connectivity index (χ0n) is 12.0. The fourth-order valence-electron chi connectivity index (χ4n) is 3.15. The van der Waals surface area contributed by atoms with E-state index >= 15 is 0 Å². The molecule has 1 fully saturated rings. The van der Waals surface area contributed by atoms with Crippen molar-refractivity contribution in [2.45, 2.75) is 39.2 Å². The summed E-state index contributed by atoms with van der Waals surface area (Å²) in [6, 6.07) is 4.71. The minimum Gasteiger partial charge on any atom is -0.497 e. The first kappa shape index (κ1) is 12.5. The number of aromatic nitrogens is 1. The van der Waals surface area contributed by atoms with Gasteiger partial charge in [-0.1, -0.05) is 6.42 Å². The number of rotatable bonds is 2. The summed E-state index contributed by atoms with van der Waals surface area (Å²) >= 11 is 0. The van der Waals surface area contributed by atoms with Crippen LogP contribution in [0.15, 0.2) is 12.1 Å². The Morgan fingerprint density at radius 3 is 2.74 bits per heavy atom. The van der Waals surface area contributed by atoms with Crippen LogP contribution in [0.2, 0.25) is 0 Å². The van der Waals surface area contributed by atoms with E-state index in [1.54, 1.807) is 7.11 Å². The number of hydrogen-bond acceptors (Lipinski definition) is 2. The van der Waals surface area contributed by atoms with Crippen LogP contribution in [0.3, 0.4) is 0 Å². The number of aryl methyl sites for hydroxylation is 2. The average molecular weight is 258 g/mol. The lowest BCUT2D eigenvalue weighted by atomic mass is 9.99. The molecule has 1 saturated heterocycles. The number of aromatic amines is 1. The number of fused-ring (bicyclic) bond motifs is 1. The summed E-state index contributed by atoms with van der Waals surface area (Å²) in [4.78, 5) is 3.64. The van der Waals surface area contributed by atoms with Crippen molar-refractivity contribution >= 4 is 10.9 Å². The molecule has 1 unspecified atom stereocenters. The van der Waals surface area contributed by atoms with E-state index in [9.17, 15) is 0 Å². The molecule has 19 heavy (non-hydrogen) atoms. The molecule has 3 heteroatoms. The van der Waals surface area contributed by atoms with Crippen LogP contribution < -0.4 is 10.1 Å². The third-order valence-electron chi connectivity index (χ3n) is 4.27. The lowest BCUT2D eigenvalue weighted by molar-refractivity contribution is 0.405. The lowest BCUT2D eigenvalue weighted by Crippen LogP contribution is -2.27. The van der Waals surface area contributed by atoms with E-state index in [-0.39, 0.29) is 0 Å². The third-order valence-corrected chi connectivity index (χ3v) is 4.27. The molecule has 1 aliphatic rings. The van der Waals surface area contributed by atoms with E-state index in [2.05, 4.69) is 36.3 Å². The van der Waals surface area contributed by atoms with Gasteiger partial charge < -0.3 is 15.0 Å². The molecule has 102 valence electrons. The number of ether oxygens (including phenoxy) is 1. The molecule has 2 heterocycles. The minimum atomic E-state index is 0.478. The van der Waals surface area contributed by atoms with E-state index in [0.717, 1.165) is 12.3 Å². The predicted octanol–water partition coefficient (Wildman–Crippen LogP) is 3.61. The normalized spacial score (nSPS) is 19.8. The Bertz CT molecular complexity index is 594. The first-order valence-corrected chi connectivity index (χ1v) is 7.11. The Balaban J connectivity index is 2.11. The summed E-state index contributed by atoms with van der Waals surface area (Å²) < 4.78 is 5.38. The van der Waals surface area contributed by atoms with Gasteiger partial charge >= 0.3 is 0 Å². The van der Waals surface area contributed by atoms with Gasteiger partial charge in [-0.25, -0.2) is 0 Å². The van der Waals surface area contributed by atoms with Gasteiger partial charge in [-0.2, -0.15) is 0 Å². The topological polar surface area (TPSA) is 37.0 Å². The maximum absolute atomic E-state index is 5.38. The van der Waals surface area contributed by atoms with Gasteiger partial charge in [-0.05, 0) is 56.5 Å². The van der Waals surface area contributed by atoms with Crippen molar-refractivity contribution in [3.05, 3.63) is 29.0 Å². The number of benzene rings is 1. The van der Waals surface area contributed by atoms with Gasteiger partial charge in [-0.3, -0.25) is 0 Å². The number of hydrogen-bond donors (Lipinski definition) is 2. The van der Waals surface area contributed by atoms with Crippen molar-refractivity contribution in [3.8, 4) is 5.75 Å². The molecule has 0 spiro atoms. The van der Waals surface area contributed by atoms with Crippen molar-refractivity contribution in [2.75, 3.05) is 13.7 Å². The van der Waals surface area contributed by atoms with Gasteiger partial charge in [-0.15, -0.1) is 0 Å². The molecule has 1 aromatic heterocycles. The third kappa shape index (κ3) is 2.12. The first-order chi connectivity index (χ1) is 9.20. The maximum atomic E-state index is 5.38. The van der Waals surface area contributed by atoms with Gasteiger partial charge in [0.15, 0.2) is 0 Å². The molecule has 0 bridgehead atoms. The number of H-pyrrole nitrogens is 1. The molecule has 0 radical (unpaired) electrons. The summed E-state index contributed by atoms with van der Waals surface area (Å²) in [7, 11) is 1.73. The molecule has 1 aliphatic heterocycles. The zero-order chi connectivity index (χ0) is 13.4. The van der Waals surface area contributed by atoms with Crippen LogP contribution in [-0.2, 0) is 0 Å². The second-order valence-electron chi connectivity index (χ2n) is 5.53. The number of methoxy groups -OCH3 is 1. The fraction of sp³-hybridized carbons (Fsp3) is 0.500. The Hall–Kier alpha value is -1.48. The first-order valence-electron chi connectivity index (χ1n) is 7.11. The molecule has 2 aromatic rings. The average Bonchev–Trinajstić information content (AvgIpc) is 2.78. The minimum absolute atomic E-state index is 0.478. The number of nitrogens with one attached hydrogen (secondary N) is 2. The Labute approximate surface area is 114 Å². The van der Waals surface area contributed by atoms with Crippen LogP contribution >= 0.6 is 0 Å². The van der Waals surface area contributed by atoms with E-state index in [1.165, 1.54) is 47.0 Å². The molecule has 0 aliphatic carbocycles. The molecule has 3 nitrogen and oxygen atoms in total. The monoisotopic (exact) mass is 258 g/mol. The van der Waals surface area contributed by atoms with Gasteiger partial charge in [0.25, 0.3) is 0 Å². The quantitative estimate of drug-likeness (QED) is 0.863. The van der Waals surface area contributed by atoms with E-state index < -0.39 is 0 Å². The fourth-order valence-corrected chi connectivity index (χ4v) is 3.15. The predicted molar refractivity (Wildman–Crippen MR) is 78.9 cm³/mol. The Kier molecular flexibility index (Phi) is 3.23. The largest absolute Gasteiger partial charge is 0.497 e. The van der Waals surface area contributed by atoms with Crippen molar-refractivity contribution in [2.24, 2.45) is 0 Å². The SMILES string of the molecule is COc1cc(C)c2[nH]c(C3CCCCN3)c(C)c2c1. The molecule has 3 rings (SSSR count). The molecule has 1 aromatic carbocycles. The molecular formula is C16H22N2O. The van der Waals surface area contributed by atoms with E-state index in [0.29, 0.717) is 6.04 Å². The Morgan fingerprint density at radius 1 is 1.21 bits per heavy atom. The lowest BCUT2D eigenvalue weighted by Gasteiger charge is -2.23. The van der Waals surface area contributed by atoms with Crippen LogP contribution in [0.1, 0.15) is 42.1 Å². The second-order valence-corrected chi connectivity index (χ2v) is 5.53. The van der Waals surface area contributed by atoms with Gasteiger partial charge in [0.05, 0.1) is 7.11 Å². The highest BCUT2D eigenvalue weighted by Crippen LogP contribution is 2.33. The van der Waals surface area contributed by atoms with E-state index in [1.807, 2.05) is 0 Å². The van der Waals surface area contributed by atoms with Crippen LogP contribution in [0.5, 0.6) is 5.75 Å². The summed E-state index contributed by atoms with van der Waals surface area (Å²) in [5.41, 5.74) is 5.21. The van der Waals surface area contributed by atoms with Gasteiger partial charge in [0.1, 0.15) is 5.75 Å². The van der Waals surface area contributed by atoms with Crippen molar-refractivity contribution in [1.29, 1.82) is 0 Å².